The molecule has 1 heterocycles. The predicted octanol–water partition coefficient (Wildman–Crippen LogP) is 0.896. The van der Waals surface area contributed by atoms with E-state index in [2.05, 4.69) is 0 Å². The van der Waals surface area contributed by atoms with Gasteiger partial charge in [0, 0.05) is 28.4 Å². The Bertz CT molecular complexity index is 494. The Balaban J connectivity index is 2.04. The zero-order valence-electron chi connectivity index (χ0n) is 9.75. The number of carbonyl (C=O) groups is 2. The van der Waals surface area contributed by atoms with Gasteiger partial charge in [0.2, 0.25) is 6.10 Å². The molecule has 6 heteroatoms. The molecule has 2 rings (SSSR count). The maximum atomic E-state index is 11.7. The van der Waals surface area contributed by atoms with E-state index in [4.69, 9.17) is 9.47 Å². The molecule has 1 aromatic carbocycles. The molecule has 5 nitrogen and oxygen atoms in total. The van der Waals surface area contributed by atoms with Gasteiger partial charge in [-0.2, -0.15) is 0 Å². The van der Waals surface area contributed by atoms with Crippen molar-refractivity contribution in [2.75, 3.05) is 12.9 Å². The van der Waals surface area contributed by atoms with Crippen LogP contribution in [0.2, 0.25) is 0 Å². The summed E-state index contributed by atoms with van der Waals surface area (Å²) < 4.78 is 20.9. The third-order valence-electron chi connectivity index (χ3n) is 2.56. The van der Waals surface area contributed by atoms with Crippen LogP contribution in [0, 0.1) is 0 Å². The topological polar surface area (TPSA) is 69.7 Å². The van der Waals surface area contributed by atoms with E-state index in [1.165, 1.54) is 12.1 Å². The van der Waals surface area contributed by atoms with Crippen LogP contribution in [-0.4, -0.2) is 35.1 Å². The molecule has 0 spiro atoms. The molecular weight excluding hydrogens is 256 g/mol. The van der Waals surface area contributed by atoms with Crippen molar-refractivity contribution in [3.63, 3.8) is 0 Å². The van der Waals surface area contributed by atoms with E-state index in [0.717, 1.165) is 0 Å². The van der Waals surface area contributed by atoms with E-state index in [9.17, 15) is 13.8 Å². The monoisotopic (exact) mass is 268 g/mol. The lowest BCUT2D eigenvalue weighted by atomic mass is 10.2. The third-order valence-corrected chi connectivity index (χ3v) is 3.49. The third kappa shape index (κ3) is 2.76. The molecule has 0 amide bonds. The molecule has 0 saturated carbocycles. The average Bonchev–Trinajstić information content (AvgIpc) is 2.75. The van der Waals surface area contributed by atoms with Crippen LogP contribution in [-0.2, 0) is 25.1 Å². The van der Waals surface area contributed by atoms with Crippen molar-refractivity contribution >= 4 is 22.7 Å². The van der Waals surface area contributed by atoms with Crippen LogP contribution in [0.15, 0.2) is 29.2 Å². The summed E-state index contributed by atoms with van der Waals surface area (Å²) in [6.45, 7) is 0.282. The van der Waals surface area contributed by atoms with Gasteiger partial charge in [0.15, 0.2) is 0 Å². The summed E-state index contributed by atoms with van der Waals surface area (Å²) in [6.07, 6.45) is 1.14. The van der Waals surface area contributed by atoms with E-state index < -0.39 is 28.8 Å². The number of esters is 2. The lowest BCUT2D eigenvalue weighted by Crippen LogP contribution is -2.22. The average molecular weight is 268 g/mol. The molecule has 96 valence electrons. The number of carbonyl (C=O) groups excluding carboxylic acids is 2. The minimum atomic E-state index is -1.09. The van der Waals surface area contributed by atoms with Gasteiger partial charge in [-0.1, -0.05) is 0 Å². The standard InChI is InChI=1S/C12H12O5S/c1-18(15)9-4-2-8(3-5-9)11(13)17-10-6-7-16-12(10)14/h2-5,10H,6-7H2,1H3/t10-,18-/m0/s1. The quantitative estimate of drug-likeness (QED) is 0.762. The van der Waals surface area contributed by atoms with E-state index in [1.807, 2.05) is 0 Å². The van der Waals surface area contributed by atoms with Gasteiger partial charge in [-0.05, 0) is 24.3 Å². The fourth-order valence-electron chi connectivity index (χ4n) is 1.56. The second-order valence-corrected chi connectivity index (χ2v) is 5.21. The molecule has 18 heavy (non-hydrogen) atoms. The SMILES string of the molecule is C[S@](=O)c1ccc(C(=O)O[C@H]2CCOC2=O)cc1. The molecule has 0 radical (unpaired) electrons. The number of rotatable bonds is 3. The number of cyclic esters (lactones) is 1. The highest BCUT2D eigenvalue weighted by Crippen LogP contribution is 2.14. The molecule has 2 atom stereocenters. The second-order valence-electron chi connectivity index (χ2n) is 3.83. The molecule has 1 aromatic rings. The van der Waals surface area contributed by atoms with Gasteiger partial charge in [0.05, 0.1) is 12.2 Å². The lowest BCUT2D eigenvalue weighted by Gasteiger charge is -2.08. The minimum Gasteiger partial charge on any atom is -0.463 e. The van der Waals surface area contributed by atoms with Crippen molar-refractivity contribution in [3.05, 3.63) is 29.8 Å². The summed E-state index contributed by atoms with van der Waals surface area (Å²) >= 11 is 0. The molecule has 1 saturated heterocycles. The molecule has 1 aliphatic rings. The van der Waals surface area contributed by atoms with Crippen molar-refractivity contribution in [2.24, 2.45) is 0 Å². The first-order chi connectivity index (χ1) is 8.58. The molecule has 1 aliphatic heterocycles. The molecule has 0 aliphatic carbocycles. The highest BCUT2D eigenvalue weighted by atomic mass is 32.2. The highest BCUT2D eigenvalue weighted by Gasteiger charge is 2.30. The first kappa shape index (κ1) is 12.8. The molecule has 1 fully saturated rings. The Morgan fingerprint density at radius 2 is 2.06 bits per heavy atom. The van der Waals surface area contributed by atoms with Gasteiger partial charge in [-0.25, -0.2) is 9.59 Å². The van der Waals surface area contributed by atoms with Gasteiger partial charge in [0.1, 0.15) is 0 Å². The van der Waals surface area contributed by atoms with Crippen LogP contribution in [0.4, 0.5) is 0 Å². The maximum Gasteiger partial charge on any atom is 0.347 e. The largest absolute Gasteiger partial charge is 0.463 e. The molecule has 0 bridgehead atoms. The Morgan fingerprint density at radius 1 is 1.39 bits per heavy atom. The fourth-order valence-corrected chi connectivity index (χ4v) is 2.08. The van der Waals surface area contributed by atoms with Crippen molar-refractivity contribution in [2.45, 2.75) is 17.4 Å². The maximum absolute atomic E-state index is 11.7. The van der Waals surface area contributed by atoms with Gasteiger partial charge in [-0.3, -0.25) is 4.21 Å². The van der Waals surface area contributed by atoms with Crippen LogP contribution in [0.3, 0.4) is 0 Å². The van der Waals surface area contributed by atoms with E-state index in [1.54, 1.807) is 18.4 Å². The summed E-state index contributed by atoms with van der Waals surface area (Å²) in [5.41, 5.74) is 0.323. The molecule has 0 N–H and O–H groups in total. The Labute approximate surface area is 107 Å². The second kappa shape index (κ2) is 5.30. The number of ether oxygens (including phenoxy) is 2. The fraction of sp³-hybridized carbons (Fsp3) is 0.333. The van der Waals surface area contributed by atoms with Crippen LogP contribution in [0.5, 0.6) is 0 Å². The van der Waals surface area contributed by atoms with Crippen molar-refractivity contribution in [3.8, 4) is 0 Å². The van der Waals surface area contributed by atoms with Crippen molar-refractivity contribution in [1.29, 1.82) is 0 Å². The van der Waals surface area contributed by atoms with Gasteiger partial charge >= 0.3 is 11.9 Å². The van der Waals surface area contributed by atoms with Crippen LogP contribution < -0.4 is 0 Å². The Hall–Kier alpha value is -1.69. The molecule has 0 unspecified atom stereocenters. The Kier molecular flexibility index (Phi) is 3.76. The molecular formula is C12H12O5S. The van der Waals surface area contributed by atoms with Crippen LogP contribution in [0.25, 0.3) is 0 Å². The Morgan fingerprint density at radius 3 is 2.56 bits per heavy atom. The number of hydrogen-bond acceptors (Lipinski definition) is 5. The van der Waals surface area contributed by atoms with E-state index in [-0.39, 0.29) is 6.61 Å². The zero-order valence-corrected chi connectivity index (χ0v) is 10.6. The predicted molar refractivity (Wildman–Crippen MR) is 63.6 cm³/mol. The van der Waals surface area contributed by atoms with Crippen molar-refractivity contribution in [1.82, 2.24) is 0 Å². The van der Waals surface area contributed by atoms with Gasteiger partial charge in [0.25, 0.3) is 0 Å². The smallest absolute Gasteiger partial charge is 0.347 e. The van der Waals surface area contributed by atoms with E-state index in [0.29, 0.717) is 16.9 Å². The van der Waals surface area contributed by atoms with Crippen LogP contribution in [0.1, 0.15) is 16.8 Å². The van der Waals surface area contributed by atoms with Gasteiger partial charge in [-0.15, -0.1) is 0 Å². The highest BCUT2D eigenvalue weighted by molar-refractivity contribution is 7.84. The molecule has 0 aromatic heterocycles. The summed E-state index contributed by atoms with van der Waals surface area (Å²) in [4.78, 5) is 23.5. The summed E-state index contributed by atoms with van der Waals surface area (Å²) in [6, 6.07) is 6.25. The first-order valence-electron chi connectivity index (χ1n) is 5.39. The van der Waals surface area contributed by atoms with Gasteiger partial charge < -0.3 is 9.47 Å². The zero-order chi connectivity index (χ0) is 13.1. The van der Waals surface area contributed by atoms with E-state index >= 15 is 0 Å². The number of benzene rings is 1. The lowest BCUT2D eigenvalue weighted by molar-refractivity contribution is -0.145. The van der Waals surface area contributed by atoms with Crippen LogP contribution >= 0.6 is 0 Å². The minimum absolute atomic E-state index is 0.282. The summed E-state index contributed by atoms with van der Waals surface area (Å²) in [5, 5.41) is 0. The van der Waals surface area contributed by atoms with Crippen molar-refractivity contribution < 1.29 is 23.3 Å². The number of hydrogen-bond donors (Lipinski definition) is 0. The summed E-state index contributed by atoms with van der Waals surface area (Å²) in [7, 11) is -1.09. The normalized spacial score (nSPS) is 20.3. The first-order valence-corrected chi connectivity index (χ1v) is 6.95. The summed E-state index contributed by atoms with van der Waals surface area (Å²) in [5.74, 6) is -1.08.